The molecule has 0 aromatic heterocycles. The van der Waals surface area contributed by atoms with Gasteiger partial charge in [0.05, 0.1) is 16.5 Å². The van der Waals surface area contributed by atoms with E-state index in [1.54, 1.807) is 36.4 Å². The molecule has 2 aromatic carbocycles. The largest absolute Gasteiger partial charge is 0.494 e. The average Bonchev–Trinajstić information content (AvgIpc) is 3.29. The Morgan fingerprint density at radius 3 is 2.65 bits per heavy atom. The summed E-state index contributed by atoms with van der Waals surface area (Å²) in [5, 5.41) is 2.48. The fourth-order valence-corrected chi connectivity index (χ4v) is 4.00. The highest BCUT2D eigenvalue weighted by Crippen LogP contribution is 2.39. The van der Waals surface area contributed by atoms with Gasteiger partial charge in [-0.1, -0.05) is 11.6 Å². The van der Waals surface area contributed by atoms with Crippen molar-refractivity contribution in [2.75, 3.05) is 25.3 Å². The van der Waals surface area contributed by atoms with Crippen molar-refractivity contribution in [1.29, 1.82) is 0 Å². The van der Waals surface area contributed by atoms with Crippen LogP contribution in [0.5, 0.6) is 17.2 Å². The van der Waals surface area contributed by atoms with Gasteiger partial charge in [-0.15, -0.1) is 0 Å². The zero-order valence-corrected chi connectivity index (χ0v) is 17.9. The molecule has 0 bridgehead atoms. The van der Waals surface area contributed by atoms with Gasteiger partial charge in [-0.25, -0.2) is 0 Å². The van der Waals surface area contributed by atoms with Crippen LogP contribution in [0.15, 0.2) is 41.3 Å². The van der Waals surface area contributed by atoms with E-state index >= 15 is 0 Å². The van der Waals surface area contributed by atoms with E-state index in [2.05, 4.69) is 5.32 Å². The van der Waals surface area contributed by atoms with Gasteiger partial charge < -0.3 is 19.5 Å². The van der Waals surface area contributed by atoms with Crippen LogP contribution in [0.3, 0.4) is 0 Å². The molecule has 0 saturated carbocycles. The standard InChI is InChI=1S/C21H17ClN2O6S/c1-2-28-14-5-3-13(4-6-14)23-19(25)10-24-20(26)18(31-21(24)27)8-12-7-16-17(9-15(12)22)30-11-29-16/h3-9H,2,10-11H2,1H3,(H,23,25)/b18-8+. The number of imide groups is 1. The first kappa shape index (κ1) is 21.1. The summed E-state index contributed by atoms with van der Waals surface area (Å²) in [7, 11) is 0. The van der Waals surface area contributed by atoms with Gasteiger partial charge in [-0.05, 0) is 60.7 Å². The van der Waals surface area contributed by atoms with E-state index in [-0.39, 0.29) is 11.7 Å². The second-order valence-corrected chi connectivity index (χ2v) is 7.90. The van der Waals surface area contributed by atoms with Crippen LogP contribution >= 0.6 is 23.4 Å². The van der Waals surface area contributed by atoms with Gasteiger partial charge >= 0.3 is 0 Å². The van der Waals surface area contributed by atoms with Crippen LogP contribution < -0.4 is 19.5 Å². The van der Waals surface area contributed by atoms with Crippen LogP contribution in [-0.2, 0) is 9.59 Å². The van der Waals surface area contributed by atoms with Crippen molar-refractivity contribution in [2.45, 2.75) is 6.92 Å². The van der Waals surface area contributed by atoms with Gasteiger partial charge in [-0.3, -0.25) is 19.3 Å². The lowest BCUT2D eigenvalue weighted by atomic mass is 10.2. The number of hydrogen-bond acceptors (Lipinski definition) is 7. The normalized spacial score (nSPS) is 16.2. The minimum Gasteiger partial charge on any atom is -0.494 e. The van der Waals surface area contributed by atoms with E-state index < -0.39 is 23.6 Å². The second kappa shape index (κ2) is 8.91. The van der Waals surface area contributed by atoms with E-state index in [1.807, 2.05) is 6.92 Å². The number of nitrogens with one attached hydrogen (secondary N) is 1. The van der Waals surface area contributed by atoms with Crippen molar-refractivity contribution in [3.63, 3.8) is 0 Å². The molecule has 0 spiro atoms. The summed E-state index contributed by atoms with van der Waals surface area (Å²) in [4.78, 5) is 38.4. The number of amides is 3. The number of benzene rings is 2. The minimum atomic E-state index is -0.564. The van der Waals surface area contributed by atoms with Crippen molar-refractivity contribution in [3.05, 3.63) is 51.9 Å². The summed E-state index contributed by atoms with van der Waals surface area (Å²) < 4.78 is 15.9. The van der Waals surface area contributed by atoms with Gasteiger partial charge in [-0.2, -0.15) is 0 Å². The molecule has 4 rings (SSSR count). The predicted octanol–water partition coefficient (Wildman–Crippen LogP) is 4.14. The monoisotopic (exact) mass is 460 g/mol. The lowest BCUT2D eigenvalue weighted by Gasteiger charge is -2.12. The molecule has 1 saturated heterocycles. The number of halogens is 1. The SMILES string of the molecule is CCOc1ccc(NC(=O)CN2C(=O)S/C(=C/c3cc4c(cc3Cl)OCO4)C2=O)cc1. The Kier molecular flexibility index (Phi) is 6.06. The van der Waals surface area contributed by atoms with Gasteiger partial charge in [0, 0.05) is 11.8 Å². The highest BCUT2D eigenvalue weighted by atomic mass is 35.5. The van der Waals surface area contributed by atoms with Crippen molar-refractivity contribution in [3.8, 4) is 17.2 Å². The summed E-state index contributed by atoms with van der Waals surface area (Å²) >= 11 is 6.99. The first-order valence-electron chi connectivity index (χ1n) is 9.32. The Morgan fingerprint density at radius 1 is 1.23 bits per heavy atom. The number of fused-ring (bicyclic) bond motifs is 1. The quantitative estimate of drug-likeness (QED) is 0.647. The van der Waals surface area contributed by atoms with E-state index in [1.165, 1.54) is 6.08 Å². The lowest BCUT2D eigenvalue weighted by molar-refractivity contribution is -0.127. The van der Waals surface area contributed by atoms with Gasteiger partial charge in [0.1, 0.15) is 12.3 Å². The maximum atomic E-state index is 12.7. The van der Waals surface area contributed by atoms with Crippen molar-refractivity contribution < 1.29 is 28.6 Å². The number of thioether (sulfide) groups is 1. The maximum absolute atomic E-state index is 12.7. The van der Waals surface area contributed by atoms with Gasteiger partial charge in [0.15, 0.2) is 11.5 Å². The summed E-state index contributed by atoms with van der Waals surface area (Å²) in [5.74, 6) is 0.643. The smallest absolute Gasteiger partial charge is 0.294 e. The third-order valence-electron chi connectivity index (χ3n) is 4.40. The average molecular weight is 461 g/mol. The number of carbonyl (C=O) groups is 3. The fourth-order valence-electron chi connectivity index (χ4n) is 2.97. The Labute approximate surface area is 187 Å². The molecule has 2 aliphatic rings. The predicted molar refractivity (Wildman–Crippen MR) is 116 cm³/mol. The Balaban J connectivity index is 1.43. The van der Waals surface area contributed by atoms with Gasteiger partial charge in [0.2, 0.25) is 12.7 Å². The number of anilines is 1. The zero-order valence-electron chi connectivity index (χ0n) is 16.3. The number of hydrogen-bond donors (Lipinski definition) is 1. The number of rotatable bonds is 6. The first-order chi connectivity index (χ1) is 14.9. The summed E-state index contributed by atoms with van der Waals surface area (Å²) in [6.45, 7) is 2.11. The van der Waals surface area contributed by atoms with Crippen LogP contribution in [0.25, 0.3) is 6.08 Å². The Morgan fingerprint density at radius 2 is 1.94 bits per heavy atom. The molecule has 0 aliphatic carbocycles. The van der Waals surface area contributed by atoms with Crippen LogP contribution in [0.2, 0.25) is 5.02 Å². The van der Waals surface area contributed by atoms with Crippen LogP contribution in [0.1, 0.15) is 12.5 Å². The molecule has 0 atom stereocenters. The maximum Gasteiger partial charge on any atom is 0.294 e. The molecule has 31 heavy (non-hydrogen) atoms. The van der Waals surface area contributed by atoms with E-state index in [0.717, 1.165) is 16.7 Å². The van der Waals surface area contributed by atoms with E-state index in [4.69, 9.17) is 25.8 Å². The molecule has 2 aromatic rings. The fraction of sp³-hybridized carbons (Fsp3) is 0.190. The van der Waals surface area contributed by atoms with Gasteiger partial charge in [0.25, 0.3) is 11.1 Å². The molecule has 160 valence electrons. The Hall–Kier alpha value is -3.17. The third kappa shape index (κ3) is 4.62. The molecule has 2 heterocycles. The van der Waals surface area contributed by atoms with Crippen LogP contribution in [-0.4, -0.2) is 41.9 Å². The lowest BCUT2D eigenvalue weighted by Crippen LogP contribution is -2.36. The summed E-state index contributed by atoms with van der Waals surface area (Å²) in [5.41, 5.74) is 1.04. The second-order valence-electron chi connectivity index (χ2n) is 6.50. The van der Waals surface area contributed by atoms with Crippen LogP contribution in [0, 0.1) is 0 Å². The molecular weight excluding hydrogens is 444 g/mol. The molecule has 10 heteroatoms. The number of nitrogens with zero attached hydrogens (tertiary/aromatic N) is 1. The molecular formula is C21H17ClN2O6S. The highest BCUT2D eigenvalue weighted by molar-refractivity contribution is 8.18. The zero-order chi connectivity index (χ0) is 22.0. The third-order valence-corrected chi connectivity index (χ3v) is 5.64. The number of carbonyl (C=O) groups excluding carboxylic acids is 3. The van der Waals surface area contributed by atoms with E-state index in [9.17, 15) is 14.4 Å². The van der Waals surface area contributed by atoms with Crippen molar-refractivity contribution in [1.82, 2.24) is 4.90 Å². The summed E-state index contributed by atoms with van der Waals surface area (Å²) in [6.07, 6.45) is 1.50. The van der Waals surface area contributed by atoms with E-state index in [0.29, 0.717) is 40.1 Å². The molecule has 0 radical (unpaired) electrons. The highest BCUT2D eigenvalue weighted by Gasteiger charge is 2.36. The molecule has 1 N–H and O–H groups in total. The number of ether oxygens (including phenoxy) is 3. The van der Waals surface area contributed by atoms with Crippen LogP contribution in [0.4, 0.5) is 10.5 Å². The first-order valence-corrected chi connectivity index (χ1v) is 10.5. The van der Waals surface area contributed by atoms with Crippen molar-refractivity contribution in [2.24, 2.45) is 0 Å². The van der Waals surface area contributed by atoms with Crippen molar-refractivity contribution >= 4 is 52.2 Å². The molecule has 1 fully saturated rings. The molecule has 8 nitrogen and oxygen atoms in total. The minimum absolute atomic E-state index is 0.0924. The Bertz CT molecular complexity index is 1090. The molecule has 0 unspecified atom stereocenters. The molecule has 3 amide bonds. The summed E-state index contributed by atoms with van der Waals surface area (Å²) in [6, 6.07) is 10.0. The molecule has 2 aliphatic heterocycles. The topological polar surface area (TPSA) is 94.2 Å².